The highest BCUT2D eigenvalue weighted by molar-refractivity contribution is 6.00. The van der Waals surface area contributed by atoms with Crippen LogP contribution in [0.4, 0.5) is 0 Å². The first-order chi connectivity index (χ1) is 10.8. The number of nitrogens with one attached hydrogen (secondary N) is 1. The maximum absolute atomic E-state index is 12.8. The Labute approximate surface area is 135 Å². The van der Waals surface area contributed by atoms with Gasteiger partial charge >= 0.3 is 5.97 Å². The molecule has 23 heavy (non-hydrogen) atoms. The lowest BCUT2D eigenvalue weighted by molar-refractivity contribution is -0.128. The summed E-state index contributed by atoms with van der Waals surface area (Å²) in [6, 6.07) is 1.03. The molecular weight excluding hydrogens is 298 g/mol. The summed E-state index contributed by atoms with van der Waals surface area (Å²) >= 11 is 0. The van der Waals surface area contributed by atoms with Gasteiger partial charge in [-0.1, -0.05) is 13.8 Å². The Morgan fingerprint density at radius 3 is 2.74 bits per heavy atom. The van der Waals surface area contributed by atoms with E-state index in [1.807, 2.05) is 13.8 Å². The van der Waals surface area contributed by atoms with E-state index in [0.717, 1.165) is 0 Å². The highest BCUT2D eigenvalue weighted by Crippen LogP contribution is 2.19. The maximum atomic E-state index is 12.8. The number of rotatable bonds is 4. The molecule has 2 amide bonds. The standard InChI is InChI=1S/C16H23N3O4/c1-10(2)7-12-14(20)17-5-6-19(12)15(21)11-8-13(16(22)23-4)18(3)9-11/h8-10,12H,5-7H2,1-4H3,(H,17,20)/t12-/m0/s1. The molecule has 7 nitrogen and oxygen atoms in total. The molecule has 2 rings (SSSR count). The van der Waals surface area contributed by atoms with Crippen LogP contribution in [0, 0.1) is 5.92 Å². The summed E-state index contributed by atoms with van der Waals surface area (Å²) in [6.07, 6.45) is 2.20. The summed E-state index contributed by atoms with van der Waals surface area (Å²) in [5.41, 5.74) is 0.689. The van der Waals surface area contributed by atoms with Crippen LogP contribution < -0.4 is 5.32 Å². The molecule has 2 heterocycles. The lowest BCUT2D eigenvalue weighted by atomic mass is 9.99. The largest absolute Gasteiger partial charge is 0.464 e. The van der Waals surface area contributed by atoms with Crippen molar-refractivity contribution in [3.05, 3.63) is 23.5 Å². The van der Waals surface area contributed by atoms with Gasteiger partial charge in [0.15, 0.2) is 0 Å². The summed E-state index contributed by atoms with van der Waals surface area (Å²) in [7, 11) is 2.97. The molecule has 0 saturated carbocycles. The molecule has 0 spiro atoms. The number of methoxy groups -OCH3 is 1. The van der Waals surface area contributed by atoms with Crippen LogP contribution in [0.5, 0.6) is 0 Å². The van der Waals surface area contributed by atoms with E-state index < -0.39 is 12.0 Å². The van der Waals surface area contributed by atoms with Crippen LogP contribution in [-0.2, 0) is 16.6 Å². The van der Waals surface area contributed by atoms with Crippen molar-refractivity contribution in [3.8, 4) is 0 Å². The number of amides is 2. The number of esters is 1. The van der Waals surface area contributed by atoms with E-state index in [1.54, 1.807) is 22.7 Å². The van der Waals surface area contributed by atoms with Crippen molar-refractivity contribution >= 4 is 17.8 Å². The van der Waals surface area contributed by atoms with Crippen molar-refractivity contribution in [2.75, 3.05) is 20.2 Å². The van der Waals surface area contributed by atoms with Crippen LogP contribution in [0.25, 0.3) is 0 Å². The molecule has 0 unspecified atom stereocenters. The van der Waals surface area contributed by atoms with Crippen molar-refractivity contribution in [3.63, 3.8) is 0 Å². The Morgan fingerprint density at radius 1 is 1.43 bits per heavy atom. The third kappa shape index (κ3) is 3.55. The number of hydrogen-bond donors (Lipinski definition) is 1. The third-order valence-electron chi connectivity index (χ3n) is 3.93. The molecule has 0 bridgehead atoms. The molecule has 1 aromatic rings. The molecular formula is C16H23N3O4. The van der Waals surface area contributed by atoms with Gasteiger partial charge < -0.3 is 19.5 Å². The van der Waals surface area contributed by atoms with E-state index in [0.29, 0.717) is 36.7 Å². The zero-order valence-electron chi connectivity index (χ0n) is 14.0. The first kappa shape index (κ1) is 17.1. The summed E-state index contributed by atoms with van der Waals surface area (Å²) in [5, 5.41) is 2.81. The fraction of sp³-hybridized carbons (Fsp3) is 0.562. The Morgan fingerprint density at radius 2 is 2.13 bits per heavy atom. The summed E-state index contributed by atoms with van der Waals surface area (Å²) in [5.74, 6) is -0.569. The van der Waals surface area contributed by atoms with Crippen LogP contribution in [0.1, 0.15) is 41.1 Å². The van der Waals surface area contributed by atoms with Gasteiger partial charge in [0.2, 0.25) is 5.91 Å². The molecule has 1 saturated heterocycles. The molecule has 1 aliphatic rings. The van der Waals surface area contributed by atoms with E-state index in [2.05, 4.69) is 5.32 Å². The monoisotopic (exact) mass is 321 g/mol. The molecule has 1 aromatic heterocycles. The molecule has 1 atom stereocenters. The molecule has 1 fully saturated rings. The molecule has 1 N–H and O–H groups in total. The second-order valence-electron chi connectivity index (χ2n) is 6.15. The predicted molar refractivity (Wildman–Crippen MR) is 84.0 cm³/mol. The van der Waals surface area contributed by atoms with Gasteiger partial charge in [-0.3, -0.25) is 9.59 Å². The van der Waals surface area contributed by atoms with Gasteiger partial charge in [0, 0.05) is 26.3 Å². The number of hydrogen-bond acceptors (Lipinski definition) is 4. The zero-order valence-corrected chi connectivity index (χ0v) is 14.0. The Balaban J connectivity index is 2.27. The van der Waals surface area contributed by atoms with E-state index in [4.69, 9.17) is 4.74 Å². The smallest absolute Gasteiger partial charge is 0.354 e. The molecule has 0 aromatic carbocycles. The highest BCUT2D eigenvalue weighted by Gasteiger charge is 2.34. The van der Waals surface area contributed by atoms with Crippen molar-refractivity contribution in [1.29, 1.82) is 0 Å². The molecule has 0 radical (unpaired) electrons. The number of aromatic nitrogens is 1. The van der Waals surface area contributed by atoms with Gasteiger partial charge in [-0.2, -0.15) is 0 Å². The average Bonchev–Trinajstić information content (AvgIpc) is 2.89. The fourth-order valence-electron chi connectivity index (χ4n) is 2.79. The zero-order chi connectivity index (χ0) is 17.1. The van der Waals surface area contributed by atoms with Gasteiger partial charge in [0.1, 0.15) is 11.7 Å². The first-order valence-electron chi connectivity index (χ1n) is 7.68. The van der Waals surface area contributed by atoms with Gasteiger partial charge in [-0.15, -0.1) is 0 Å². The minimum atomic E-state index is -0.498. The number of nitrogens with zero attached hydrogens (tertiary/aromatic N) is 2. The molecule has 126 valence electrons. The van der Waals surface area contributed by atoms with Crippen LogP contribution >= 0.6 is 0 Å². The van der Waals surface area contributed by atoms with Crippen LogP contribution in [0.3, 0.4) is 0 Å². The second-order valence-corrected chi connectivity index (χ2v) is 6.15. The minimum absolute atomic E-state index is 0.123. The second kappa shape index (κ2) is 6.85. The van der Waals surface area contributed by atoms with E-state index in [-0.39, 0.29) is 11.8 Å². The number of ether oxygens (including phenoxy) is 1. The van der Waals surface area contributed by atoms with E-state index in [1.165, 1.54) is 13.2 Å². The Bertz CT molecular complexity index is 621. The lowest BCUT2D eigenvalue weighted by Gasteiger charge is -2.35. The minimum Gasteiger partial charge on any atom is -0.464 e. The molecule has 7 heteroatoms. The van der Waals surface area contributed by atoms with E-state index in [9.17, 15) is 14.4 Å². The summed E-state index contributed by atoms with van der Waals surface area (Å²) in [6.45, 7) is 4.94. The number of carbonyl (C=O) groups is 3. The highest BCUT2D eigenvalue weighted by atomic mass is 16.5. The fourth-order valence-corrected chi connectivity index (χ4v) is 2.79. The lowest BCUT2D eigenvalue weighted by Crippen LogP contribution is -2.57. The first-order valence-corrected chi connectivity index (χ1v) is 7.68. The number of aryl methyl sites for hydroxylation is 1. The van der Waals surface area contributed by atoms with E-state index >= 15 is 0 Å². The van der Waals surface area contributed by atoms with Crippen LogP contribution in [-0.4, -0.2) is 53.5 Å². The van der Waals surface area contributed by atoms with Gasteiger partial charge in [0.05, 0.1) is 12.7 Å². The number of carbonyl (C=O) groups excluding carboxylic acids is 3. The van der Waals surface area contributed by atoms with Crippen LogP contribution in [0.2, 0.25) is 0 Å². The van der Waals surface area contributed by atoms with Crippen molar-refractivity contribution < 1.29 is 19.1 Å². The average molecular weight is 321 g/mol. The summed E-state index contributed by atoms with van der Waals surface area (Å²) < 4.78 is 6.25. The summed E-state index contributed by atoms with van der Waals surface area (Å²) in [4.78, 5) is 38.2. The molecule has 1 aliphatic heterocycles. The van der Waals surface area contributed by atoms with Crippen LogP contribution in [0.15, 0.2) is 12.3 Å². The van der Waals surface area contributed by atoms with Crippen molar-refractivity contribution in [2.24, 2.45) is 13.0 Å². The van der Waals surface area contributed by atoms with Gasteiger partial charge in [-0.25, -0.2) is 4.79 Å². The Kier molecular flexibility index (Phi) is 5.08. The van der Waals surface area contributed by atoms with Crippen molar-refractivity contribution in [1.82, 2.24) is 14.8 Å². The quantitative estimate of drug-likeness (QED) is 0.832. The predicted octanol–water partition coefficient (Wildman–Crippen LogP) is 0.798. The molecule has 0 aliphatic carbocycles. The maximum Gasteiger partial charge on any atom is 0.354 e. The normalized spacial score (nSPS) is 18.0. The topological polar surface area (TPSA) is 80.6 Å². The van der Waals surface area contributed by atoms with Crippen molar-refractivity contribution in [2.45, 2.75) is 26.3 Å². The third-order valence-corrected chi connectivity index (χ3v) is 3.93. The van der Waals surface area contributed by atoms with Gasteiger partial charge in [0.25, 0.3) is 5.91 Å². The Hall–Kier alpha value is -2.31. The SMILES string of the molecule is COC(=O)c1cc(C(=O)N2CCNC(=O)[C@@H]2CC(C)C)cn1C. The number of piperazine rings is 1. The van der Waals surface area contributed by atoms with Gasteiger partial charge in [-0.05, 0) is 18.4 Å².